The van der Waals surface area contributed by atoms with E-state index in [0.29, 0.717) is 17.7 Å². The van der Waals surface area contributed by atoms with Gasteiger partial charge >= 0.3 is 0 Å². The second-order valence-electron chi connectivity index (χ2n) is 10.1. The molecule has 1 saturated heterocycles. The van der Waals surface area contributed by atoms with E-state index in [-0.39, 0.29) is 17.9 Å². The summed E-state index contributed by atoms with van der Waals surface area (Å²) in [6.45, 7) is 4.55. The quantitative estimate of drug-likeness (QED) is 0.426. The number of amides is 2. The second-order valence-corrected chi connectivity index (χ2v) is 11.1. The molecule has 2 amide bonds. The van der Waals surface area contributed by atoms with E-state index >= 15 is 0 Å². The zero-order valence-electron chi connectivity index (χ0n) is 21.3. The number of hydrogen-bond donors (Lipinski definition) is 2. The predicted octanol–water partition coefficient (Wildman–Crippen LogP) is 5.31. The van der Waals surface area contributed by atoms with E-state index in [0.717, 1.165) is 56.1 Å². The molecule has 0 spiro atoms. The molecule has 5 rings (SSSR count). The molecule has 2 N–H and O–H groups in total. The molecular weight excluding hydrogens is 480 g/mol. The van der Waals surface area contributed by atoms with Crippen LogP contribution in [0.2, 0.25) is 0 Å². The zero-order valence-corrected chi connectivity index (χ0v) is 22.1. The van der Waals surface area contributed by atoms with Crippen LogP contribution < -0.4 is 15.5 Å². The number of piperazine rings is 1. The Morgan fingerprint density at radius 3 is 2.41 bits per heavy atom. The van der Waals surface area contributed by atoms with Crippen LogP contribution in [-0.2, 0) is 17.8 Å². The minimum atomic E-state index is -0.0663. The van der Waals surface area contributed by atoms with Crippen molar-refractivity contribution >= 4 is 34.5 Å². The number of benzene rings is 2. The number of hydrogen-bond acceptors (Lipinski definition) is 5. The van der Waals surface area contributed by atoms with Gasteiger partial charge in [0, 0.05) is 55.0 Å². The van der Waals surface area contributed by atoms with Crippen molar-refractivity contribution in [1.29, 1.82) is 0 Å². The van der Waals surface area contributed by atoms with Crippen LogP contribution in [0, 0.1) is 0 Å². The molecule has 194 valence electrons. The number of thiophene rings is 1. The highest BCUT2D eigenvalue weighted by Crippen LogP contribution is 2.27. The third kappa shape index (κ3) is 6.99. The molecule has 37 heavy (non-hydrogen) atoms. The Hall–Kier alpha value is -3.16. The van der Waals surface area contributed by atoms with Gasteiger partial charge in [-0.3, -0.25) is 14.5 Å². The number of anilines is 2. The van der Waals surface area contributed by atoms with Crippen molar-refractivity contribution in [3.8, 4) is 0 Å². The highest BCUT2D eigenvalue weighted by molar-refractivity contribution is 7.10. The van der Waals surface area contributed by atoms with Crippen LogP contribution in [-0.4, -0.2) is 48.9 Å². The summed E-state index contributed by atoms with van der Waals surface area (Å²) in [5, 5.41) is 8.27. The molecule has 0 atom stereocenters. The molecule has 7 heteroatoms. The number of carbonyl (C=O) groups is 2. The second kappa shape index (κ2) is 12.4. The maximum atomic E-state index is 13.5. The molecule has 3 aromatic rings. The van der Waals surface area contributed by atoms with Crippen molar-refractivity contribution in [2.45, 2.75) is 51.1 Å². The topological polar surface area (TPSA) is 64.7 Å². The third-order valence-corrected chi connectivity index (χ3v) is 8.22. The lowest BCUT2D eigenvalue weighted by atomic mass is 9.95. The fourth-order valence-corrected chi connectivity index (χ4v) is 6.05. The lowest BCUT2D eigenvalue weighted by Gasteiger charge is -2.37. The van der Waals surface area contributed by atoms with Crippen molar-refractivity contribution in [2.24, 2.45) is 0 Å². The number of rotatable bonds is 8. The predicted molar refractivity (Wildman–Crippen MR) is 151 cm³/mol. The lowest BCUT2D eigenvalue weighted by Crippen LogP contribution is -2.46. The largest absolute Gasteiger partial charge is 0.368 e. The first-order chi connectivity index (χ1) is 18.1. The summed E-state index contributed by atoms with van der Waals surface area (Å²) in [4.78, 5) is 32.0. The fourth-order valence-electron chi connectivity index (χ4n) is 5.35. The minimum Gasteiger partial charge on any atom is -0.368 e. The van der Waals surface area contributed by atoms with Gasteiger partial charge in [0.05, 0.1) is 12.0 Å². The van der Waals surface area contributed by atoms with Gasteiger partial charge in [-0.1, -0.05) is 55.7 Å². The summed E-state index contributed by atoms with van der Waals surface area (Å²) in [7, 11) is 0. The molecule has 0 unspecified atom stereocenters. The summed E-state index contributed by atoms with van der Waals surface area (Å²) < 4.78 is 0. The lowest BCUT2D eigenvalue weighted by molar-refractivity contribution is -0.115. The van der Waals surface area contributed by atoms with E-state index in [2.05, 4.69) is 50.8 Å². The number of carbonyl (C=O) groups excluding carboxylic acids is 2. The summed E-state index contributed by atoms with van der Waals surface area (Å²) in [6.07, 6.45) is 6.00. The van der Waals surface area contributed by atoms with Crippen molar-refractivity contribution in [3.63, 3.8) is 0 Å². The summed E-state index contributed by atoms with van der Waals surface area (Å²) in [5.74, 6) is -0.105. The first-order valence-corrected chi connectivity index (χ1v) is 14.3. The number of nitrogens with zero attached hydrogens (tertiary/aromatic N) is 2. The van der Waals surface area contributed by atoms with Crippen molar-refractivity contribution in [1.82, 2.24) is 10.2 Å². The van der Waals surface area contributed by atoms with E-state index in [4.69, 9.17) is 0 Å². The first-order valence-electron chi connectivity index (χ1n) is 13.4. The van der Waals surface area contributed by atoms with Gasteiger partial charge < -0.3 is 15.5 Å². The van der Waals surface area contributed by atoms with E-state index in [1.807, 2.05) is 35.7 Å². The zero-order chi connectivity index (χ0) is 25.5. The minimum absolute atomic E-state index is 0.0389. The van der Waals surface area contributed by atoms with Gasteiger partial charge in [-0.25, -0.2) is 0 Å². The van der Waals surface area contributed by atoms with Crippen molar-refractivity contribution in [3.05, 3.63) is 82.0 Å². The molecule has 2 aromatic carbocycles. The highest BCUT2D eigenvalue weighted by atomic mass is 32.1. The normalized spacial score (nSPS) is 16.9. The average molecular weight is 517 g/mol. The van der Waals surface area contributed by atoms with E-state index in [1.54, 1.807) is 11.3 Å². The van der Waals surface area contributed by atoms with Gasteiger partial charge in [0.1, 0.15) is 0 Å². The summed E-state index contributed by atoms with van der Waals surface area (Å²) in [6, 6.07) is 20.5. The molecule has 1 saturated carbocycles. The van der Waals surface area contributed by atoms with Gasteiger partial charge in [0.15, 0.2) is 0 Å². The molecule has 1 aromatic heterocycles. The maximum absolute atomic E-state index is 13.5. The Balaban J connectivity index is 1.29. The SMILES string of the molecule is O=C(Cc1cccs1)Nc1ccc(N2CCN(Cc3ccccc3)CC2)c(C(=O)NC2CCCCC2)c1. The Labute approximate surface area is 223 Å². The van der Waals surface area contributed by atoms with Crippen LogP contribution in [0.4, 0.5) is 11.4 Å². The van der Waals surface area contributed by atoms with Crippen molar-refractivity contribution < 1.29 is 9.59 Å². The van der Waals surface area contributed by atoms with Gasteiger partial charge in [0.2, 0.25) is 5.91 Å². The Morgan fingerprint density at radius 2 is 1.68 bits per heavy atom. The standard InChI is InChI=1S/C30H36N4O2S/c35-29(21-26-12-7-19-37-26)31-25-13-14-28(27(20-25)30(36)32-24-10-5-2-6-11-24)34-17-15-33(16-18-34)22-23-8-3-1-4-9-23/h1,3-4,7-9,12-14,19-20,24H,2,5-6,10-11,15-18,21-22H2,(H,31,35)(H,32,36). The van der Waals surface area contributed by atoms with E-state index in [1.165, 1.54) is 24.8 Å². The average Bonchev–Trinajstić information content (AvgIpc) is 3.43. The highest BCUT2D eigenvalue weighted by Gasteiger charge is 2.24. The maximum Gasteiger partial charge on any atom is 0.253 e. The van der Waals surface area contributed by atoms with Crippen LogP contribution in [0.3, 0.4) is 0 Å². The van der Waals surface area contributed by atoms with Gasteiger partial charge in [-0.2, -0.15) is 0 Å². The molecule has 1 aliphatic carbocycles. The van der Waals surface area contributed by atoms with E-state index < -0.39 is 0 Å². The van der Waals surface area contributed by atoms with Crippen LogP contribution in [0.15, 0.2) is 66.0 Å². The first kappa shape index (κ1) is 25.5. The van der Waals surface area contributed by atoms with Crippen LogP contribution in [0.1, 0.15) is 52.9 Å². The molecule has 0 bridgehead atoms. The van der Waals surface area contributed by atoms with Gasteiger partial charge in [-0.05, 0) is 48.1 Å². The van der Waals surface area contributed by atoms with Crippen LogP contribution >= 0.6 is 11.3 Å². The van der Waals surface area contributed by atoms with Crippen LogP contribution in [0.5, 0.6) is 0 Å². The third-order valence-electron chi connectivity index (χ3n) is 7.34. The van der Waals surface area contributed by atoms with Gasteiger partial charge in [0.25, 0.3) is 5.91 Å². The molecule has 1 aliphatic heterocycles. The Morgan fingerprint density at radius 1 is 0.892 bits per heavy atom. The molecule has 2 aliphatic rings. The molecule has 2 fully saturated rings. The molecule has 0 radical (unpaired) electrons. The molecule has 6 nitrogen and oxygen atoms in total. The summed E-state index contributed by atoms with van der Waals surface area (Å²) in [5.41, 5.74) is 3.59. The number of nitrogens with one attached hydrogen (secondary N) is 2. The van der Waals surface area contributed by atoms with Crippen molar-refractivity contribution in [2.75, 3.05) is 36.4 Å². The summed E-state index contributed by atoms with van der Waals surface area (Å²) >= 11 is 1.58. The fraction of sp³-hybridized carbons (Fsp3) is 0.400. The molecular formula is C30H36N4O2S. The van der Waals surface area contributed by atoms with Gasteiger partial charge in [-0.15, -0.1) is 11.3 Å². The Kier molecular flexibility index (Phi) is 8.53. The smallest absolute Gasteiger partial charge is 0.253 e. The van der Waals surface area contributed by atoms with Crippen LogP contribution in [0.25, 0.3) is 0 Å². The molecule has 2 heterocycles. The monoisotopic (exact) mass is 516 g/mol. The van der Waals surface area contributed by atoms with E-state index in [9.17, 15) is 9.59 Å². The Bertz CT molecular complexity index is 1170.